The minimum atomic E-state index is -0.701. The molecule has 1 fully saturated rings. The number of imide groups is 1. The van der Waals surface area contributed by atoms with Crippen molar-refractivity contribution in [3.63, 3.8) is 0 Å². The van der Waals surface area contributed by atoms with Gasteiger partial charge in [-0.3, -0.25) is 14.4 Å². The largest absolute Gasteiger partial charge is 0.378 e. The average Bonchev–Trinajstić information content (AvgIpc) is 3.81. The van der Waals surface area contributed by atoms with E-state index in [0.717, 1.165) is 25.8 Å². The van der Waals surface area contributed by atoms with Crippen LogP contribution >= 0.6 is 0 Å². The predicted octanol–water partition coefficient (Wildman–Crippen LogP) is 6.26. The SMILES string of the molecule is C[N+]1=C(\C=C/C=C/C=C2/N(CCCCCC(=O)NCCOCCOCCOCCOCCOCCOCCC(=O)ON3C(=O)CCC3=O)c3ccccc3C2(C)C)C(C)(C)c2ccccc21. The Balaban J connectivity index is 0.825. The molecule has 3 aliphatic rings. The Bertz CT molecular complexity index is 2030. The van der Waals surface area contributed by atoms with Crippen molar-refractivity contribution in [1.29, 1.82) is 0 Å². The molecule has 3 heterocycles. The number of carbonyl (C=O) groups is 4. The summed E-state index contributed by atoms with van der Waals surface area (Å²) in [4.78, 5) is 54.4. The number of benzene rings is 2. The number of rotatable bonds is 31. The summed E-state index contributed by atoms with van der Waals surface area (Å²) in [5.74, 6) is -1.68. The van der Waals surface area contributed by atoms with E-state index in [0.29, 0.717) is 84.1 Å². The normalized spacial score (nSPS) is 17.0. The zero-order valence-electron chi connectivity index (χ0n) is 39.7. The second kappa shape index (κ2) is 26.9. The van der Waals surface area contributed by atoms with E-state index in [1.54, 1.807) is 0 Å². The van der Waals surface area contributed by atoms with Gasteiger partial charge >= 0.3 is 5.97 Å². The van der Waals surface area contributed by atoms with Gasteiger partial charge in [0.05, 0.1) is 91.1 Å². The molecule has 0 unspecified atom stereocenters. The summed E-state index contributed by atoms with van der Waals surface area (Å²) in [6.45, 7) is 15.1. The third kappa shape index (κ3) is 15.3. The Morgan fingerprint density at radius 3 is 1.83 bits per heavy atom. The molecular formula is C51H71N4O11+. The Kier molecular flexibility index (Phi) is 21.2. The van der Waals surface area contributed by atoms with Crippen molar-refractivity contribution in [3.05, 3.63) is 95.7 Å². The number of unbranched alkanes of at least 4 members (excludes halogenated alkanes) is 2. The molecule has 5 rings (SSSR count). The average molecular weight is 916 g/mol. The number of hydrogen-bond acceptors (Lipinski definition) is 12. The van der Waals surface area contributed by atoms with Gasteiger partial charge in [-0.2, -0.15) is 4.58 Å². The molecule has 0 atom stereocenters. The highest BCUT2D eigenvalue weighted by atomic mass is 16.7. The Hall–Kier alpha value is -5.03. The standard InChI is InChI=1S/C51H70N4O11/c1-50(2)40-16-11-13-18-42(40)53(5)44(50)20-8-6-9-21-45-51(3,4)41-17-12-14-19-43(41)54(45)27-15-7-10-22-46(56)52-26-29-61-31-33-63-35-37-65-39-38-64-36-34-62-32-30-60-28-25-49(59)66-55-47(57)23-24-48(55)58/h6,8-9,11-14,16-21H,7,10,15,22-39H2,1-5H3/p+1. The van der Waals surface area contributed by atoms with E-state index in [1.165, 1.54) is 33.9 Å². The lowest BCUT2D eigenvalue weighted by Crippen LogP contribution is -2.32. The maximum absolute atomic E-state index is 12.5. The molecule has 66 heavy (non-hydrogen) atoms. The molecule has 1 N–H and O–H groups in total. The number of nitrogens with one attached hydrogen (secondary N) is 1. The molecule has 3 aliphatic heterocycles. The van der Waals surface area contributed by atoms with Gasteiger partial charge in [0.2, 0.25) is 11.6 Å². The predicted molar refractivity (Wildman–Crippen MR) is 252 cm³/mol. The molecule has 0 radical (unpaired) electrons. The molecular weight excluding hydrogens is 845 g/mol. The fraction of sp³-hybridized carbons (Fsp3) is 0.549. The number of carbonyl (C=O) groups excluding carboxylic acids is 4. The van der Waals surface area contributed by atoms with Crippen molar-refractivity contribution in [1.82, 2.24) is 10.4 Å². The molecule has 360 valence electrons. The summed E-state index contributed by atoms with van der Waals surface area (Å²) in [5, 5.41) is 3.48. The van der Waals surface area contributed by atoms with Crippen LogP contribution in [0.1, 0.15) is 83.8 Å². The second-order valence-electron chi connectivity index (χ2n) is 17.3. The summed E-state index contributed by atoms with van der Waals surface area (Å²) in [6.07, 6.45) is 14.2. The van der Waals surface area contributed by atoms with E-state index in [9.17, 15) is 19.2 Å². The van der Waals surface area contributed by atoms with E-state index in [-0.39, 0.29) is 49.2 Å². The number of hydroxylamine groups is 2. The number of amides is 3. The zero-order valence-corrected chi connectivity index (χ0v) is 39.7. The molecule has 0 aliphatic carbocycles. The number of allylic oxidation sites excluding steroid dienone is 6. The molecule has 2 aromatic rings. The van der Waals surface area contributed by atoms with Crippen LogP contribution < -0.4 is 10.2 Å². The van der Waals surface area contributed by atoms with Crippen LogP contribution in [0.3, 0.4) is 0 Å². The van der Waals surface area contributed by atoms with Crippen molar-refractivity contribution < 1.29 is 57.0 Å². The van der Waals surface area contributed by atoms with Gasteiger partial charge in [0.1, 0.15) is 7.05 Å². The fourth-order valence-electron chi connectivity index (χ4n) is 8.29. The highest BCUT2D eigenvalue weighted by Gasteiger charge is 2.42. The van der Waals surface area contributed by atoms with Gasteiger partial charge in [0.25, 0.3) is 11.8 Å². The zero-order chi connectivity index (χ0) is 47.2. The highest BCUT2D eigenvalue weighted by Crippen LogP contribution is 2.47. The van der Waals surface area contributed by atoms with Crippen LogP contribution in [0, 0.1) is 0 Å². The van der Waals surface area contributed by atoms with E-state index in [1.807, 2.05) is 0 Å². The monoisotopic (exact) mass is 916 g/mol. The van der Waals surface area contributed by atoms with Gasteiger partial charge in [-0.25, -0.2) is 4.79 Å². The minimum Gasteiger partial charge on any atom is -0.378 e. The van der Waals surface area contributed by atoms with E-state index in [2.05, 4.69) is 128 Å². The summed E-state index contributed by atoms with van der Waals surface area (Å²) >= 11 is 0. The van der Waals surface area contributed by atoms with Crippen molar-refractivity contribution in [3.8, 4) is 0 Å². The van der Waals surface area contributed by atoms with Crippen LogP contribution in [-0.2, 0) is 63.3 Å². The second-order valence-corrected chi connectivity index (χ2v) is 17.3. The number of fused-ring (bicyclic) bond motifs is 2. The number of anilines is 1. The maximum atomic E-state index is 12.5. The summed E-state index contributed by atoms with van der Waals surface area (Å²) in [6, 6.07) is 17.3. The minimum absolute atomic E-state index is 0.0440. The van der Waals surface area contributed by atoms with Crippen LogP contribution in [0.2, 0.25) is 0 Å². The van der Waals surface area contributed by atoms with Gasteiger partial charge in [-0.1, -0.05) is 74.9 Å². The lowest BCUT2D eigenvalue weighted by molar-refractivity contribution is -0.401. The molecule has 0 saturated carbocycles. The first-order chi connectivity index (χ1) is 31.9. The van der Waals surface area contributed by atoms with Gasteiger partial charge < -0.3 is 43.5 Å². The van der Waals surface area contributed by atoms with E-state index >= 15 is 0 Å². The van der Waals surface area contributed by atoms with Crippen LogP contribution in [0.25, 0.3) is 0 Å². The molecule has 15 nitrogen and oxygen atoms in total. The summed E-state index contributed by atoms with van der Waals surface area (Å²) < 4.78 is 35.2. The van der Waals surface area contributed by atoms with Crippen molar-refractivity contribution in [2.24, 2.45) is 0 Å². The smallest absolute Gasteiger partial charge is 0.335 e. The first-order valence-corrected chi connectivity index (χ1v) is 23.4. The highest BCUT2D eigenvalue weighted by molar-refractivity contribution is 6.03. The van der Waals surface area contributed by atoms with E-state index in [4.69, 9.17) is 33.3 Å². The summed E-state index contributed by atoms with van der Waals surface area (Å²) in [5.41, 5.74) is 7.60. The number of ether oxygens (including phenoxy) is 6. The Morgan fingerprint density at radius 2 is 1.21 bits per heavy atom. The molecule has 3 amide bonds. The van der Waals surface area contributed by atoms with Crippen LogP contribution in [0.15, 0.2) is 84.6 Å². The fourth-order valence-corrected chi connectivity index (χ4v) is 8.29. The number of nitrogens with zero attached hydrogens (tertiary/aromatic N) is 3. The molecule has 0 bridgehead atoms. The third-order valence-electron chi connectivity index (χ3n) is 11.8. The quantitative estimate of drug-likeness (QED) is 0.0393. The lowest BCUT2D eigenvalue weighted by Gasteiger charge is -2.27. The summed E-state index contributed by atoms with van der Waals surface area (Å²) in [7, 11) is 2.15. The number of hydrogen-bond donors (Lipinski definition) is 1. The molecule has 1 saturated heterocycles. The van der Waals surface area contributed by atoms with Crippen LogP contribution in [0.4, 0.5) is 11.4 Å². The van der Waals surface area contributed by atoms with Gasteiger partial charge in [-0.15, -0.1) is 5.06 Å². The van der Waals surface area contributed by atoms with Crippen molar-refractivity contribution >= 4 is 40.8 Å². The molecule has 15 heteroatoms. The van der Waals surface area contributed by atoms with Gasteiger partial charge in [0, 0.05) is 66.9 Å². The first-order valence-electron chi connectivity index (χ1n) is 23.4. The number of para-hydroxylation sites is 2. The molecule has 0 spiro atoms. The van der Waals surface area contributed by atoms with Crippen molar-refractivity contribution in [2.45, 2.75) is 83.5 Å². The Labute approximate surface area is 390 Å². The maximum Gasteiger partial charge on any atom is 0.335 e. The van der Waals surface area contributed by atoms with Crippen molar-refractivity contribution in [2.75, 3.05) is 104 Å². The van der Waals surface area contributed by atoms with E-state index < -0.39 is 17.8 Å². The van der Waals surface area contributed by atoms with Gasteiger partial charge in [-0.05, 0) is 44.4 Å². The molecule has 2 aromatic carbocycles. The van der Waals surface area contributed by atoms with Crippen LogP contribution in [0.5, 0.6) is 0 Å². The first kappa shape index (κ1) is 51.9. The third-order valence-corrected chi connectivity index (χ3v) is 11.8. The van der Waals surface area contributed by atoms with Crippen LogP contribution in [-0.4, -0.2) is 138 Å². The topological polar surface area (TPSA) is 154 Å². The van der Waals surface area contributed by atoms with Gasteiger partial charge in [0.15, 0.2) is 5.71 Å². The lowest BCUT2D eigenvalue weighted by atomic mass is 9.81. The molecule has 0 aromatic heterocycles. The Morgan fingerprint density at radius 1 is 0.652 bits per heavy atom.